The van der Waals surface area contributed by atoms with Crippen molar-refractivity contribution in [3.05, 3.63) is 58.1 Å². The van der Waals surface area contributed by atoms with E-state index in [-0.39, 0.29) is 34.7 Å². The summed E-state index contributed by atoms with van der Waals surface area (Å²) in [6.07, 6.45) is 0.762. The summed E-state index contributed by atoms with van der Waals surface area (Å²) < 4.78 is 0. The third kappa shape index (κ3) is 3.91. The van der Waals surface area contributed by atoms with Crippen LogP contribution in [0.5, 0.6) is 11.5 Å². The van der Waals surface area contributed by atoms with Crippen LogP contribution in [0.25, 0.3) is 0 Å². The minimum Gasteiger partial charge on any atom is -0.508 e. The molecule has 0 saturated carbocycles. The zero-order valence-corrected chi connectivity index (χ0v) is 17.8. The highest BCUT2D eigenvalue weighted by molar-refractivity contribution is 6.03. The van der Waals surface area contributed by atoms with Gasteiger partial charge in [0.1, 0.15) is 17.1 Å². The van der Waals surface area contributed by atoms with Gasteiger partial charge in [-0.3, -0.25) is 9.59 Å². The number of hydrogen-bond donors (Lipinski definition) is 4. The van der Waals surface area contributed by atoms with E-state index in [1.165, 1.54) is 6.07 Å². The summed E-state index contributed by atoms with van der Waals surface area (Å²) in [6.45, 7) is 5.69. The van der Waals surface area contributed by atoms with Gasteiger partial charge >= 0.3 is 0 Å². The molecule has 1 fully saturated rings. The van der Waals surface area contributed by atoms with Gasteiger partial charge < -0.3 is 25.5 Å². The SMILES string of the molecule is CC(C)c1cc(C(=O)N2Cc3ccc(C(=O)C4(O)CCNCC4)cc3C2)c(O)cc1O. The number of phenolic OH excluding ortho intramolecular Hbond substituents is 2. The maximum atomic E-state index is 13.1. The van der Waals surface area contributed by atoms with Gasteiger partial charge in [0.25, 0.3) is 5.91 Å². The highest BCUT2D eigenvalue weighted by Gasteiger charge is 2.38. The van der Waals surface area contributed by atoms with Crippen molar-refractivity contribution in [2.45, 2.75) is 51.3 Å². The third-order valence-electron chi connectivity index (χ3n) is 6.33. The number of hydrogen-bond acceptors (Lipinski definition) is 6. The van der Waals surface area contributed by atoms with Crippen LogP contribution in [-0.2, 0) is 13.1 Å². The largest absolute Gasteiger partial charge is 0.508 e. The second-order valence-corrected chi connectivity index (χ2v) is 8.84. The van der Waals surface area contributed by atoms with Crippen LogP contribution in [0, 0.1) is 0 Å². The van der Waals surface area contributed by atoms with E-state index in [1.54, 1.807) is 23.1 Å². The van der Waals surface area contributed by atoms with Crippen molar-refractivity contribution in [3.8, 4) is 11.5 Å². The fraction of sp³-hybridized carbons (Fsp3) is 0.417. The van der Waals surface area contributed by atoms with E-state index in [1.807, 2.05) is 19.9 Å². The number of aliphatic hydroxyl groups is 1. The van der Waals surface area contributed by atoms with Gasteiger partial charge in [-0.2, -0.15) is 0 Å². The Balaban J connectivity index is 1.56. The summed E-state index contributed by atoms with van der Waals surface area (Å²) >= 11 is 0. The first-order valence-corrected chi connectivity index (χ1v) is 10.6. The Bertz CT molecular complexity index is 1040. The summed E-state index contributed by atoms with van der Waals surface area (Å²) in [6, 6.07) is 8.06. The van der Waals surface area contributed by atoms with Gasteiger partial charge in [-0.15, -0.1) is 0 Å². The number of phenols is 2. The number of carbonyl (C=O) groups is 2. The minimum absolute atomic E-state index is 0.00251. The first kappa shape index (κ1) is 21.3. The predicted molar refractivity (Wildman–Crippen MR) is 115 cm³/mol. The molecule has 7 heteroatoms. The predicted octanol–water partition coefficient (Wildman–Crippen LogP) is 2.67. The number of Topliss-reactive ketones (excluding diaryl/α,β-unsaturated/α-hetero) is 1. The second-order valence-electron chi connectivity index (χ2n) is 8.84. The molecule has 0 unspecified atom stereocenters. The van der Waals surface area contributed by atoms with Crippen LogP contribution >= 0.6 is 0 Å². The van der Waals surface area contributed by atoms with Gasteiger partial charge in [0.05, 0.1) is 5.56 Å². The van der Waals surface area contributed by atoms with Crippen molar-refractivity contribution in [3.63, 3.8) is 0 Å². The number of amides is 1. The molecule has 31 heavy (non-hydrogen) atoms. The number of aromatic hydroxyl groups is 2. The van der Waals surface area contributed by atoms with Crippen LogP contribution in [0.1, 0.15) is 70.0 Å². The molecular formula is C24H28N2O5. The van der Waals surface area contributed by atoms with Crippen molar-refractivity contribution in [1.29, 1.82) is 0 Å². The van der Waals surface area contributed by atoms with Crippen molar-refractivity contribution >= 4 is 11.7 Å². The maximum absolute atomic E-state index is 13.1. The van der Waals surface area contributed by atoms with E-state index >= 15 is 0 Å². The van der Waals surface area contributed by atoms with Crippen molar-refractivity contribution in [1.82, 2.24) is 10.2 Å². The van der Waals surface area contributed by atoms with Crippen LogP contribution in [0.4, 0.5) is 0 Å². The average molecular weight is 424 g/mol. The van der Waals surface area contributed by atoms with Crippen molar-refractivity contribution < 1.29 is 24.9 Å². The number of ketones is 1. The number of carbonyl (C=O) groups excluding carboxylic acids is 2. The van der Waals surface area contributed by atoms with Crippen molar-refractivity contribution in [2.75, 3.05) is 13.1 Å². The molecule has 0 aromatic heterocycles. The van der Waals surface area contributed by atoms with Crippen LogP contribution < -0.4 is 5.32 Å². The molecule has 0 spiro atoms. The lowest BCUT2D eigenvalue weighted by atomic mass is 9.84. The van der Waals surface area contributed by atoms with E-state index in [4.69, 9.17) is 0 Å². The van der Waals surface area contributed by atoms with Gasteiger partial charge in [0.2, 0.25) is 0 Å². The normalized spacial score (nSPS) is 17.6. The van der Waals surface area contributed by atoms with E-state index < -0.39 is 5.60 Å². The Kier molecular flexibility index (Phi) is 5.49. The Morgan fingerprint density at radius 1 is 1.00 bits per heavy atom. The molecule has 0 radical (unpaired) electrons. The Hall–Kier alpha value is -2.90. The molecule has 4 rings (SSSR count). The molecule has 164 valence electrons. The molecule has 0 atom stereocenters. The molecule has 2 aromatic carbocycles. The topological polar surface area (TPSA) is 110 Å². The number of piperidine rings is 1. The molecule has 2 heterocycles. The Morgan fingerprint density at radius 3 is 2.35 bits per heavy atom. The first-order chi connectivity index (χ1) is 14.7. The molecule has 0 aliphatic carbocycles. The fourth-order valence-corrected chi connectivity index (χ4v) is 4.41. The zero-order chi connectivity index (χ0) is 22.3. The molecule has 1 amide bonds. The maximum Gasteiger partial charge on any atom is 0.258 e. The third-order valence-corrected chi connectivity index (χ3v) is 6.33. The summed E-state index contributed by atoms with van der Waals surface area (Å²) in [5, 5.41) is 34.2. The zero-order valence-electron chi connectivity index (χ0n) is 17.8. The van der Waals surface area contributed by atoms with E-state index in [0.29, 0.717) is 50.1 Å². The molecule has 2 aromatic rings. The molecule has 0 bridgehead atoms. The van der Waals surface area contributed by atoms with Gasteiger partial charge in [-0.1, -0.05) is 26.0 Å². The van der Waals surface area contributed by atoms with E-state index in [0.717, 1.165) is 11.1 Å². The van der Waals surface area contributed by atoms with Gasteiger partial charge in [-0.25, -0.2) is 0 Å². The van der Waals surface area contributed by atoms with Crippen molar-refractivity contribution in [2.24, 2.45) is 0 Å². The van der Waals surface area contributed by atoms with Crippen LogP contribution in [0.15, 0.2) is 30.3 Å². The number of fused-ring (bicyclic) bond motifs is 1. The Morgan fingerprint density at radius 2 is 1.68 bits per heavy atom. The van der Waals surface area contributed by atoms with E-state index in [9.17, 15) is 24.9 Å². The smallest absolute Gasteiger partial charge is 0.258 e. The lowest BCUT2D eigenvalue weighted by Gasteiger charge is -2.31. The number of benzene rings is 2. The summed E-state index contributed by atoms with van der Waals surface area (Å²) in [7, 11) is 0. The Labute approximate surface area is 181 Å². The van der Waals surface area contributed by atoms with E-state index in [2.05, 4.69) is 5.32 Å². The van der Waals surface area contributed by atoms with Crippen LogP contribution in [-0.4, -0.2) is 50.6 Å². The number of nitrogens with zero attached hydrogens (tertiary/aromatic N) is 1. The number of rotatable bonds is 4. The number of nitrogens with one attached hydrogen (secondary N) is 1. The monoisotopic (exact) mass is 424 g/mol. The summed E-state index contributed by atoms with van der Waals surface area (Å²) in [5.41, 5.74) is 1.64. The lowest BCUT2D eigenvalue weighted by Crippen LogP contribution is -2.47. The van der Waals surface area contributed by atoms with Gasteiger partial charge in [-0.05, 0) is 60.7 Å². The molecule has 7 nitrogen and oxygen atoms in total. The highest BCUT2D eigenvalue weighted by Crippen LogP contribution is 2.35. The van der Waals surface area contributed by atoms with Gasteiger partial charge in [0.15, 0.2) is 5.78 Å². The summed E-state index contributed by atoms with van der Waals surface area (Å²) in [5.74, 6) is -0.906. The molecule has 1 saturated heterocycles. The van der Waals surface area contributed by atoms with Crippen LogP contribution in [0.2, 0.25) is 0 Å². The average Bonchev–Trinajstić information content (AvgIpc) is 3.16. The van der Waals surface area contributed by atoms with Crippen LogP contribution in [0.3, 0.4) is 0 Å². The summed E-state index contributed by atoms with van der Waals surface area (Å²) in [4.78, 5) is 27.6. The fourth-order valence-electron chi connectivity index (χ4n) is 4.41. The second kappa shape index (κ2) is 7.98. The van der Waals surface area contributed by atoms with Gasteiger partial charge in [0, 0.05) is 24.7 Å². The minimum atomic E-state index is -1.35. The molecule has 2 aliphatic heterocycles. The molecular weight excluding hydrogens is 396 g/mol. The standard InChI is InChI=1S/C24H28N2O5/c1-14(2)18-10-19(21(28)11-20(18)27)23(30)26-12-16-4-3-15(9-17(16)13-26)22(29)24(31)5-7-25-8-6-24/h3-4,9-11,14,25,27-28,31H,5-8,12-13H2,1-2H3. The first-order valence-electron chi connectivity index (χ1n) is 10.6. The molecule has 2 aliphatic rings. The molecule has 4 N–H and O–H groups in total. The highest BCUT2D eigenvalue weighted by atomic mass is 16.3. The quantitative estimate of drug-likeness (QED) is 0.562. The lowest BCUT2D eigenvalue weighted by molar-refractivity contribution is 0.0155.